The summed E-state index contributed by atoms with van der Waals surface area (Å²) in [6.07, 6.45) is 16.8. The number of aromatic hydroxyl groups is 2. The third-order valence-electron chi connectivity index (χ3n) is 11.3. The first kappa shape index (κ1) is 18.7. The van der Waals surface area contributed by atoms with Crippen LogP contribution in [0.25, 0.3) is 10.8 Å². The number of fused-ring (bicyclic) bond motifs is 1. The molecule has 0 unspecified atom stereocenters. The van der Waals surface area contributed by atoms with Crippen molar-refractivity contribution in [3.8, 4) is 11.5 Å². The van der Waals surface area contributed by atoms with E-state index in [1.807, 2.05) is 0 Å². The maximum atomic E-state index is 11.0. The molecule has 0 atom stereocenters. The molecule has 10 rings (SSSR count). The van der Waals surface area contributed by atoms with Crippen molar-refractivity contribution < 1.29 is 10.2 Å². The highest BCUT2D eigenvalue weighted by Gasteiger charge is 2.54. The van der Waals surface area contributed by atoms with Crippen molar-refractivity contribution in [1.82, 2.24) is 0 Å². The van der Waals surface area contributed by atoms with Gasteiger partial charge in [0, 0.05) is 5.39 Å². The van der Waals surface area contributed by atoms with Gasteiger partial charge in [-0.15, -0.1) is 0 Å². The van der Waals surface area contributed by atoms with E-state index in [4.69, 9.17) is 0 Å². The van der Waals surface area contributed by atoms with E-state index in [-0.39, 0.29) is 11.5 Å². The highest BCUT2D eigenvalue weighted by molar-refractivity contribution is 5.94. The Hall–Kier alpha value is -1.70. The van der Waals surface area contributed by atoms with Gasteiger partial charge in [0.15, 0.2) is 11.5 Å². The van der Waals surface area contributed by atoms with E-state index >= 15 is 0 Å². The molecule has 0 spiro atoms. The number of phenolic OH excluding ortho intramolecular Hbond substituents is 2. The van der Waals surface area contributed by atoms with Gasteiger partial charge in [-0.2, -0.15) is 0 Å². The Kier molecular flexibility index (Phi) is 3.53. The Labute approximate surface area is 191 Å². The van der Waals surface area contributed by atoms with Gasteiger partial charge in [0.05, 0.1) is 0 Å². The SMILES string of the molecule is Oc1ccc2c(C34CC5CC(CC(C5)C3)C4)cc(C34CC5CC(CC(C5)C3)C4)cc2c1O. The second-order valence-electron chi connectivity index (χ2n) is 13.4. The van der Waals surface area contributed by atoms with Crippen LogP contribution in [0.2, 0.25) is 0 Å². The lowest BCUT2D eigenvalue weighted by atomic mass is 9.46. The van der Waals surface area contributed by atoms with Gasteiger partial charge in [0.1, 0.15) is 0 Å². The van der Waals surface area contributed by atoms with Crippen LogP contribution in [0.3, 0.4) is 0 Å². The second-order valence-corrected chi connectivity index (χ2v) is 13.4. The first-order valence-corrected chi connectivity index (χ1v) is 13.5. The van der Waals surface area contributed by atoms with Gasteiger partial charge in [-0.3, -0.25) is 0 Å². The fourth-order valence-electron chi connectivity index (χ4n) is 11.1. The second kappa shape index (κ2) is 6.05. The summed E-state index contributed by atoms with van der Waals surface area (Å²) in [7, 11) is 0. The Balaban J connectivity index is 1.36. The van der Waals surface area contributed by atoms with Crippen molar-refractivity contribution in [1.29, 1.82) is 0 Å². The molecule has 168 valence electrons. The molecule has 8 aliphatic carbocycles. The van der Waals surface area contributed by atoms with E-state index < -0.39 is 0 Å². The Morgan fingerprint density at radius 1 is 0.562 bits per heavy atom. The van der Waals surface area contributed by atoms with Crippen LogP contribution in [0, 0.1) is 35.5 Å². The number of benzene rings is 2. The summed E-state index contributed by atoms with van der Waals surface area (Å²) in [4.78, 5) is 0. The van der Waals surface area contributed by atoms with Gasteiger partial charge in [-0.1, -0.05) is 12.1 Å². The molecule has 2 aromatic carbocycles. The lowest BCUT2D eigenvalue weighted by molar-refractivity contribution is -0.00787. The van der Waals surface area contributed by atoms with E-state index in [9.17, 15) is 10.2 Å². The summed E-state index contributed by atoms with van der Waals surface area (Å²) in [6, 6.07) is 8.80. The quantitative estimate of drug-likeness (QED) is 0.497. The molecule has 32 heavy (non-hydrogen) atoms. The van der Waals surface area contributed by atoms with Crippen molar-refractivity contribution in [3.63, 3.8) is 0 Å². The van der Waals surface area contributed by atoms with Crippen LogP contribution in [-0.4, -0.2) is 10.2 Å². The van der Waals surface area contributed by atoms with E-state index in [0.29, 0.717) is 10.8 Å². The van der Waals surface area contributed by atoms with E-state index in [1.54, 1.807) is 6.07 Å². The van der Waals surface area contributed by atoms with Crippen LogP contribution in [0.5, 0.6) is 11.5 Å². The van der Waals surface area contributed by atoms with Crippen LogP contribution in [0.15, 0.2) is 24.3 Å². The maximum absolute atomic E-state index is 11.0. The summed E-state index contributed by atoms with van der Waals surface area (Å²) in [5.41, 5.74) is 3.66. The van der Waals surface area contributed by atoms with Crippen LogP contribution < -0.4 is 0 Å². The van der Waals surface area contributed by atoms with Crippen molar-refractivity contribution in [2.24, 2.45) is 35.5 Å². The molecular formula is C30H36O2. The summed E-state index contributed by atoms with van der Waals surface area (Å²) < 4.78 is 0. The molecule has 2 nitrogen and oxygen atoms in total. The molecule has 0 aliphatic heterocycles. The Bertz CT molecular complexity index is 1060. The molecule has 0 amide bonds. The average molecular weight is 429 g/mol. The van der Waals surface area contributed by atoms with Crippen molar-refractivity contribution in [2.75, 3.05) is 0 Å². The number of phenols is 2. The first-order chi connectivity index (χ1) is 15.5. The molecule has 8 bridgehead atoms. The molecule has 8 saturated carbocycles. The fraction of sp³-hybridized carbons (Fsp3) is 0.667. The minimum atomic E-state index is 0.0385. The standard InChI is InChI=1S/C30H36O2/c31-27-2-1-24-25(28(27)32)9-23(29-11-17-3-18(12-29)5-19(4-17)13-29)10-26(24)30-14-20-6-21(15-30)8-22(7-20)16-30/h1-2,9-10,17-22,31-32H,3-8,11-16H2. The maximum Gasteiger partial charge on any atom is 0.165 e. The van der Waals surface area contributed by atoms with Crippen LogP contribution in [0.4, 0.5) is 0 Å². The number of rotatable bonds is 2. The third-order valence-corrected chi connectivity index (χ3v) is 11.3. The van der Waals surface area contributed by atoms with Gasteiger partial charge in [0.2, 0.25) is 0 Å². The van der Waals surface area contributed by atoms with Gasteiger partial charge in [-0.25, -0.2) is 0 Å². The van der Waals surface area contributed by atoms with Crippen molar-refractivity contribution in [2.45, 2.75) is 87.9 Å². The number of hydrogen-bond acceptors (Lipinski definition) is 2. The summed E-state index contributed by atoms with van der Waals surface area (Å²) in [5.74, 6) is 5.62. The zero-order chi connectivity index (χ0) is 21.2. The summed E-state index contributed by atoms with van der Waals surface area (Å²) in [5, 5.41) is 23.6. The zero-order valence-corrected chi connectivity index (χ0v) is 19.2. The molecule has 2 aromatic rings. The minimum absolute atomic E-state index is 0.0385. The lowest BCUT2D eigenvalue weighted by Crippen LogP contribution is -2.50. The van der Waals surface area contributed by atoms with Gasteiger partial charge < -0.3 is 10.2 Å². The molecule has 0 heterocycles. The van der Waals surface area contributed by atoms with Gasteiger partial charge in [-0.05, 0) is 152 Å². The van der Waals surface area contributed by atoms with Crippen molar-refractivity contribution in [3.05, 3.63) is 35.4 Å². The Morgan fingerprint density at radius 3 is 1.53 bits per heavy atom. The van der Waals surface area contributed by atoms with Gasteiger partial charge in [0.25, 0.3) is 0 Å². The van der Waals surface area contributed by atoms with Gasteiger partial charge >= 0.3 is 0 Å². The number of hydrogen-bond donors (Lipinski definition) is 2. The molecular weight excluding hydrogens is 392 g/mol. The highest BCUT2D eigenvalue weighted by Crippen LogP contribution is 2.64. The van der Waals surface area contributed by atoms with E-state index in [2.05, 4.69) is 18.2 Å². The lowest BCUT2D eigenvalue weighted by Gasteiger charge is -2.58. The Morgan fingerprint density at radius 2 is 1.03 bits per heavy atom. The van der Waals surface area contributed by atoms with Crippen LogP contribution in [-0.2, 0) is 10.8 Å². The average Bonchev–Trinajstić information content (AvgIpc) is 2.74. The molecule has 0 saturated heterocycles. The van der Waals surface area contributed by atoms with Crippen molar-refractivity contribution >= 4 is 10.8 Å². The molecule has 0 radical (unpaired) electrons. The van der Waals surface area contributed by atoms with E-state index in [0.717, 1.165) is 40.9 Å². The molecule has 8 fully saturated rings. The summed E-state index contributed by atoms with van der Waals surface area (Å²) in [6.45, 7) is 0. The predicted molar refractivity (Wildman–Crippen MR) is 127 cm³/mol. The topological polar surface area (TPSA) is 40.5 Å². The molecule has 2 heteroatoms. The molecule has 0 aromatic heterocycles. The van der Waals surface area contributed by atoms with Crippen LogP contribution >= 0.6 is 0 Å². The fourth-order valence-corrected chi connectivity index (χ4v) is 11.1. The molecule has 2 N–H and O–H groups in total. The monoisotopic (exact) mass is 428 g/mol. The predicted octanol–water partition coefficient (Wildman–Crippen LogP) is 7.19. The smallest absolute Gasteiger partial charge is 0.165 e. The minimum Gasteiger partial charge on any atom is -0.504 e. The van der Waals surface area contributed by atoms with Crippen LogP contribution in [0.1, 0.15) is 88.2 Å². The zero-order valence-electron chi connectivity index (χ0n) is 19.2. The largest absolute Gasteiger partial charge is 0.504 e. The third kappa shape index (κ3) is 2.42. The normalized spacial score (nSPS) is 45.8. The summed E-state index contributed by atoms with van der Waals surface area (Å²) >= 11 is 0. The van der Waals surface area contributed by atoms with E-state index in [1.165, 1.54) is 93.6 Å². The molecule has 8 aliphatic rings. The highest BCUT2D eigenvalue weighted by atomic mass is 16.3. The first-order valence-electron chi connectivity index (χ1n) is 13.5.